The van der Waals surface area contributed by atoms with Crippen LogP contribution in [0.5, 0.6) is 0 Å². The van der Waals surface area contributed by atoms with Crippen LogP contribution in [0.15, 0.2) is 23.1 Å². The van der Waals surface area contributed by atoms with E-state index in [9.17, 15) is 22.9 Å². The third-order valence-electron chi connectivity index (χ3n) is 2.67. The SMILES string of the molecule is CCN(CCCO)S(=O)(=O)c1ccc([N+](=O)[O-])c(F)c1. The van der Waals surface area contributed by atoms with Crippen molar-refractivity contribution >= 4 is 15.7 Å². The number of hydrogen-bond acceptors (Lipinski definition) is 5. The first kappa shape index (κ1) is 16.5. The van der Waals surface area contributed by atoms with E-state index < -0.39 is 26.5 Å². The normalized spacial score (nSPS) is 11.8. The van der Waals surface area contributed by atoms with Crippen LogP contribution < -0.4 is 0 Å². The van der Waals surface area contributed by atoms with Gasteiger partial charge in [-0.15, -0.1) is 0 Å². The third kappa shape index (κ3) is 3.50. The molecule has 0 radical (unpaired) electrons. The predicted octanol–water partition coefficient (Wildman–Crippen LogP) is 1.13. The molecule has 0 aliphatic heterocycles. The molecule has 1 aromatic rings. The van der Waals surface area contributed by atoms with E-state index in [-0.39, 0.29) is 31.0 Å². The Morgan fingerprint density at radius 3 is 2.55 bits per heavy atom. The first-order chi connectivity index (χ1) is 9.34. The number of hydrogen-bond donors (Lipinski definition) is 1. The number of aliphatic hydroxyl groups is 1. The van der Waals surface area contributed by atoms with Crippen molar-refractivity contribution in [3.8, 4) is 0 Å². The number of rotatable bonds is 7. The van der Waals surface area contributed by atoms with Gasteiger partial charge in [-0.3, -0.25) is 10.1 Å². The highest BCUT2D eigenvalue weighted by molar-refractivity contribution is 7.89. The highest BCUT2D eigenvalue weighted by atomic mass is 32.2. The van der Waals surface area contributed by atoms with Gasteiger partial charge in [0, 0.05) is 31.8 Å². The van der Waals surface area contributed by atoms with Crippen LogP contribution in [0.25, 0.3) is 0 Å². The summed E-state index contributed by atoms with van der Waals surface area (Å²) >= 11 is 0. The van der Waals surface area contributed by atoms with Crippen molar-refractivity contribution in [1.82, 2.24) is 4.31 Å². The largest absolute Gasteiger partial charge is 0.396 e. The van der Waals surface area contributed by atoms with Gasteiger partial charge < -0.3 is 5.11 Å². The maximum Gasteiger partial charge on any atom is 0.304 e. The second-order valence-corrected chi connectivity index (χ2v) is 5.88. The number of nitro groups is 1. The quantitative estimate of drug-likeness (QED) is 0.601. The lowest BCUT2D eigenvalue weighted by Gasteiger charge is -2.20. The van der Waals surface area contributed by atoms with Gasteiger partial charge in [0.25, 0.3) is 0 Å². The van der Waals surface area contributed by atoms with E-state index in [1.165, 1.54) is 0 Å². The average molecular weight is 306 g/mol. The van der Waals surface area contributed by atoms with Crippen LogP contribution in [0.3, 0.4) is 0 Å². The predicted molar refractivity (Wildman–Crippen MR) is 69.2 cm³/mol. The molecule has 1 rings (SSSR count). The number of aliphatic hydroxyl groups excluding tert-OH is 1. The van der Waals surface area contributed by atoms with E-state index in [2.05, 4.69) is 0 Å². The van der Waals surface area contributed by atoms with Gasteiger partial charge in [-0.25, -0.2) is 8.42 Å². The van der Waals surface area contributed by atoms with Gasteiger partial charge in [-0.2, -0.15) is 8.70 Å². The Bertz CT molecular complexity index is 590. The lowest BCUT2D eigenvalue weighted by Crippen LogP contribution is -2.32. The molecule has 0 fully saturated rings. The molecule has 9 heteroatoms. The summed E-state index contributed by atoms with van der Waals surface area (Å²) in [6, 6.07) is 2.45. The lowest BCUT2D eigenvalue weighted by molar-refractivity contribution is -0.387. The highest BCUT2D eigenvalue weighted by Gasteiger charge is 2.25. The summed E-state index contributed by atoms with van der Waals surface area (Å²) in [6.45, 7) is 1.69. The molecule has 0 atom stereocenters. The zero-order valence-electron chi connectivity index (χ0n) is 10.8. The zero-order chi connectivity index (χ0) is 15.3. The molecule has 0 aliphatic rings. The molecule has 0 spiro atoms. The molecule has 0 heterocycles. The fourth-order valence-electron chi connectivity index (χ4n) is 1.64. The summed E-state index contributed by atoms with van der Waals surface area (Å²) in [7, 11) is -3.93. The summed E-state index contributed by atoms with van der Waals surface area (Å²) < 4.78 is 39.0. The molecule has 1 N–H and O–H groups in total. The Kier molecular flexibility index (Phi) is 5.54. The molecule has 20 heavy (non-hydrogen) atoms. The third-order valence-corrected chi connectivity index (χ3v) is 4.64. The Morgan fingerprint density at radius 1 is 1.45 bits per heavy atom. The summed E-state index contributed by atoms with van der Waals surface area (Å²) in [5.74, 6) is -1.20. The van der Waals surface area contributed by atoms with Gasteiger partial charge in [-0.1, -0.05) is 6.92 Å². The van der Waals surface area contributed by atoms with Gasteiger partial charge in [0.15, 0.2) is 0 Å². The Hall–Kier alpha value is -1.58. The van der Waals surface area contributed by atoms with Crippen LogP contribution >= 0.6 is 0 Å². The van der Waals surface area contributed by atoms with Crippen LogP contribution in [0.1, 0.15) is 13.3 Å². The van der Waals surface area contributed by atoms with Crippen molar-refractivity contribution in [2.75, 3.05) is 19.7 Å². The average Bonchev–Trinajstić information content (AvgIpc) is 2.38. The van der Waals surface area contributed by atoms with E-state index in [4.69, 9.17) is 5.11 Å². The minimum Gasteiger partial charge on any atom is -0.396 e. The highest BCUT2D eigenvalue weighted by Crippen LogP contribution is 2.23. The second-order valence-electron chi connectivity index (χ2n) is 3.94. The molecule has 0 bridgehead atoms. The second kappa shape index (κ2) is 6.73. The lowest BCUT2D eigenvalue weighted by atomic mass is 10.3. The van der Waals surface area contributed by atoms with Crippen molar-refractivity contribution < 1.29 is 22.8 Å². The fraction of sp³-hybridized carbons (Fsp3) is 0.455. The summed E-state index contributed by atoms with van der Waals surface area (Å²) in [4.78, 5) is 9.22. The van der Waals surface area contributed by atoms with Gasteiger partial charge in [0.2, 0.25) is 15.8 Å². The Morgan fingerprint density at radius 2 is 2.10 bits per heavy atom. The Balaban J connectivity index is 3.15. The number of halogens is 1. The molecule has 7 nitrogen and oxygen atoms in total. The molecular formula is C11H15FN2O5S. The Labute approximate surface area is 115 Å². The van der Waals surface area contributed by atoms with Crippen LogP contribution in [0, 0.1) is 15.9 Å². The van der Waals surface area contributed by atoms with E-state index in [0.29, 0.717) is 6.07 Å². The standard InChI is InChI=1S/C11H15FN2O5S/c1-2-13(6-3-7-15)20(18,19)9-4-5-11(14(16)17)10(12)8-9/h4-5,8,15H,2-3,6-7H2,1H3. The number of nitrogens with zero attached hydrogens (tertiary/aromatic N) is 2. The summed E-state index contributed by atoms with van der Waals surface area (Å²) in [5, 5.41) is 19.2. The van der Waals surface area contributed by atoms with E-state index in [1.54, 1.807) is 6.92 Å². The maximum atomic E-state index is 13.5. The van der Waals surface area contributed by atoms with Crippen molar-refractivity contribution in [2.45, 2.75) is 18.2 Å². The van der Waals surface area contributed by atoms with Gasteiger partial charge in [-0.05, 0) is 12.5 Å². The van der Waals surface area contributed by atoms with Crippen molar-refractivity contribution in [3.05, 3.63) is 34.1 Å². The smallest absolute Gasteiger partial charge is 0.304 e. The van der Waals surface area contributed by atoms with E-state index >= 15 is 0 Å². The van der Waals surface area contributed by atoms with Crippen molar-refractivity contribution in [3.63, 3.8) is 0 Å². The molecular weight excluding hydrogens is 291 g/mol. The molecule has 0 saturated carbocycles. The van der Waals surface area contributed by atoms with Crippen LogP contribution in [0.4, 0.5) is 10.1 Å². The van der Waals surface area contributed by atoms with E-state index in [0.717, 1.165) is 16.4 Å². The molecule has 112 valence electrons. The van der Waals surface area contributed by atoms with Crippen molar-refractivity contribution in [1.29, 1.82) is 0 Å². The minimum atomic E-state index is -3.93. The van der Waals surface area contributed by atoms with Crippen LogP contribution in [0.2, 0.25) is 0 Å². The number of benzene rings is 1. The summed E-state index contributed by atoms with van der Waals surface area (Å²) in [5.41, 5.74) is -0.776. The summed E-state index contributed by atoms with van der Waals surface area (Å²) in [6.07, 6.45) is 0.253. The molecule has 1 aromatic carbocycles. The molecule has 0 amide bonds. The van der Waals surface area contributed by atoms with E-state index in [1.807, 2.05) is 0 Å². The van der Waals surface area contributed by atoms with Crippen LogP contribution in [-0.2, 0) is 10.0 Å². The van der Waals surface area contributed by atoms with Crippen LogP contribution in [-0.4, -0.2) is 42.4 Å². The van der Waals surface area contributed by atoms with Gasteiger partial charge in [0.05, 0.1) is 9.82 Å². The first-order valence-corrected chi connectivity index (χ1v) is 7.33. The minimum absolute atomic E-state index is 0.0912. The van der Waals surface area contributed by atoms with Gasteiger partial charge >= 0.3 is 5.69 Å². The van der Waals surface area contributed by atoms with Gasteiger partial charge in [0.1, 0.15) is 0 Å². The first-order valence-electron chi connectivity index (χ1n) is 5.89. The molecule has 0 aromatic heterocycles. The molecule has 0 unspecified atom stereocenters. The maximum absolute atomic E-state index is 13.5. The number of nitro benzene ring substituents is 1. The van der Waals surface area contributed by atoms with Crippen molar-refractivity contribution in [2.24, 2.45) is 0 Å². The molecule has 0 aliphatic carbocycles. The fourth-order valence-corrected chi connectivity index (χ4v) is 3.14. The topological polar surface area (TPSA) is 101 Å². The molecule has 0 saturated heterocycles. The monoisotopic (exact) mass is 306 g/mol. The zero-order valence-corrected chi connectivity index (χ0v) is 11.6. The number of sulfonamides is 1.